The molecular formula is C140H174B2N4S2. The number of benzene rings is 10. The minimum absolute atomic E-state index is 0.000837. The average molecular weight is 2000 g/mol. The monoisotopic (exact) mass is 2000 g/mol. The Bertz CT molecular complexity index is 7720. The second kappa shape index (κ2) is 31.9. The molecule has 8 heteroatoms. The fourth-order valence-corrected chi connectivity index (χ4v) is 35.8. The van der Waals surface area contributed by atoms with Crippen LogP contribution in [0.5, 0.6) is 0 Å². The van der Waals surface area contributed by atoms with Crippen molar-refractivity contribution in [3.8, 4) is 0 Å². The lowest BCUT2D eigenvalue weighted by atomic mass is 9.35. The lowest BCUT2D eigenvalue weighted by Gasteiger charge is -2.52. The molecule has 9 aliphatic carbocycles. The quantitative estimate of drug-likeness (QED) is 0.134. The molecule has 0 saturated heterocycles. The van der Waals surface area contributed by atoms with Gasteiger partial charge in [-0.2, -0.15) is 0 Å². The first-order valence-electron chi connectivity index (χ1n) is 58.8. The van der Waals surface area contributed by atoms with Gasteiger partial charge < -0.3 is 19.6 Å². The molecule has 3 unspecified atom stereocenters. The highest BCUT2D eigenvalue weighted by molar-refractivity contribution is 7.34. The molecule has 0 radical (unpaired) electrons. The second-order valence-electron chi connectivity index (χ2n) is 61.2. The van der Waals surface area contributed by atoms with Crippen LogP contribution in [-0.2, 0) is 86.6 Å². The molecule has 0 spiro atoms. The van der Waals surface area contributed by atoms with Gasteiger partial charge in [0.25, 0.3) is 13.4 Å². The molecule has 4 nitrogen and oxygen atoms in total. The van der Waals surface area contributed by atoms with E-state index in [1.807, 2.05) is 0 Å². The van der Waals surface area contributed by atoms with Gasteiger partial charge in [-0.15, -0.1) is 22.7 Å². The van der Waals surface area contributed by atoms with Crippen LogP contribution < -0.4 is 51.0 Å². The maximum Gasteiger partial charge on any atom is 0.264 e. The third-order valence-corrected chi connectivity index (χ3v) is 46.8. The molecule has 772 valence electrons. The molecule has 13 aliphatic rings. The van der Waals surface area contributed by atoms with Crippen LogP contribution >= 0.6 is 22.7 Å². The Labute approximate surface area is 901 Å². The lowest BCUT2D eigenvalue weighted by Crippen LogP contribution is -2.61. The summed E-state index contributed by atoms with van der Waals surface area (Å²) >= 11 is 4.33. The van der Waals surface area contributed by atoms with Crippen LogP contribution in [0.15, 0.2) is 133 Å². The molecule has 0 N–H and O–H groups in total. The number of rotatable bonds is 9. The normalized spacial score (nSPS) is 24.5. The van der Waals surface area contributed by atoms with Crippen molar-refractivity contribution in [3.05, 3.63) is 245 Å². The van der Waals surface area contributed by atoms with Gasteiger partial charge in [0.1, 0.15) is 0 Å². The predicted molar refractivity (Wildman–Crippen MR) is 646 cm³/mol. The summed E-state index contributed by atoms with van der Waals surface area (Å²) in [6.07, 6.45) is 26.0. The largest absolute Gasteiger partial charge is 0.311 e. The summed E-state index contributed by atoms with van der Waals surface area (Å²) in [4.78, 5) is 11.7. The standard InChI is InChI=1S/C140H174B2N4S2/c1-36-80(2)84-62-113-119-115(63-84)145(109-72-100-93(60-81(109)3)126(7,8)48-53-132(100,19)20)111-74-102-98(130(15,16)51-55-134(102,23)24)70-107(111)141(119)123-121(89-68-96-104(76-117(89)147-123)136(27,28)57-50-129(96,13)14)144(113)88-43-45-92-105(67-88)139(33,34)86(78-138(92,31)32)79-140(35)59-58-137(29,30)97-69-90-118(77-106(97)140)148-124-122(90)143(87-42-44-91-95(66-87)128(11,12)47-46-125(91,5)6)114-64-85(83-40-38-37-39-41-83)65-116-120(114)142(124)108-71-99-103(135(25,26)56-52-131(99,17)18)75-112(108)146(116)110-73-101-94(61-82(110)4)127(9,10)49-54-133(101,21)22/h42-45,60-77,80,83,86H,36-41,46-59,78-79H2,1-35H3. The van der Waals surface area contributed by atoms with Crippen LogP contribution in [0, 0.1) is 19.8 Å². The number of hydrogen-bond acceptors (Lipinski definition) is 6. The van der Waals surface area contributed by atoms with E-state index in [1.54, 1.807) is 44.5 Å². The third kappa shape index (κ3) is 14.5. The minimum atomic E-state index is -0.218. The highest BCUT2D eigenvalue weighted by Gasteiger charge is 2.58. The van der Waals surface area contributed by atoms with E-state index in [1.165, 1.54) is 296 Å². The summed E-state index contributed by atoms with van der Waals surface area (Å²) in [6, 6.07) is 60.6. The fraction of sp³-hybridized carbons (Fsp3) is 0.543. The maximum absolute atomic E-state index is 2.95. The summed E-state index contributed by atoms with van der Waals surface area (Å²) < 4.78 is 5.91. The number of thiophene rings is 2. The van der Waals surface area contributed by atoms with Crippen LogP contribution in [0.2, 0.25) is 0 Å². The lowest BCUT2D eigenvalue weighted by molar-refractivity contribution is 0.152. The van der Waals surface area contributed by atoms with Crippen molar-refractivity contribution >= 4 is 156 Å². The van der Waals surface area contributed by atoms with Crippen LogP contribution in [-0.4, -0.2) is 13.4 Å². The molecule has 2 aromatic heterocycles. The molecule has 0 amide bonds. The van der Waals surface area contributed by atoms with Gasteiger partial charge >= 0.3 is 0 Å². The highest BCUT2D eigenvalue weighted by atomic mass is 32.1. The summed E-state index contributed by atoms with van der Waals surface area (Å²) in [5.74, 6) is 1.15. The van der Waals surface area contributed by atoms with E-state index in [-0.39, 0.29) is 100 Å². The van der Waals surface area contributed by atoms with Gasteiger partial charge in [-0.25, -0.2) is 0 Å². The Hall–Kier alpha value is -8.55. The van der Waals surface area contributed by atoms with Crippen LogP contribution in [0.3, 0.4) is 0 Å². The minimum Gasteiger partial charge on any atom is -0.311 e. The molecule has 148 heavy (non-hydrogen) atoms. The molecule has 0 bridgehead atoms. The van der Waals surface area contributed by atoms with Crippen molar-refractivity contribution in [3.63, 3.8) is 0 Å². The van der Waals surface area contributed by atoms with Crippen molar-refractivity contribution in [2.75, 3.05) is 19.6 Å². The Balaban J connectivity index is 0.692. The van der Waals surface area contributed by atoms with Gasteiger partial charge in [-0.1, -0.05) is 284 Å². The molecule has 1 saturated carbocycles. The van der Waals surface area contributed by atoms with Gasteiger partial charge in [0.05, 0.1) is 11.4 Å². The van der Waals surface area contributed by atoms with Gasteiger partial charge in [0.15, 0.2) is 0 Å². The topological polar surface area (TPSA) is 13.0 Å². The van der Waals surface area contributed by atoms with E-state index < -0.39 is 0 Å². The molecule has 10 aromatic carbocycles. The molecule has 4 aliphatic heterocycles. The molecule has 3 atom stereocenters. The number of anilines is 12. The SMILES string of the molecule is CCC(C)c1cc2c3c(c1)N(c1ccc4c(c1)C(C)(C)C(CC1(C)CCC(C)(C)c5cc6c7c(sc6cc51)B1c5cc6c(cc5N(c5cc8c(cc5C)C(C)(C)CCC8(C)C)c5cc(C8CCCCC8)cc(c51)N7c1ccc5c(c1)C(C)(C)CCC5(C)C)C(C)(C)CCC6(C)C)CC4(C)C)c1c(sc4cc5c(cc14)C(C)(C)CCC5(C)C)B3c1cc3c(cc1N2c1cc2c(cc1C)C(C)(C)CCC2(C)C)C(C)(C)CCC3(C)C. The summed E-state index contributed by atoms with van der Waals surface area (Å²) in [5.41, 5.74) is 52.7. The first-order chi connectivity index (χ1) is 69.0. The Morgan fingerprint density at radius 1 is 0.297 bits per heavy atom. The third-order valence-electron chi connectivity index (χ3n) is 44.4. The van der Waals surface area contributed by atoms with Gasteiger partial charge in [-0.05, 0) is 470 Å². The van der Waals surface area contributed by atoms with Crippen LogP contribution in [0.25, 0.3) is 20.2 Å². The van der Waals surface area contributed by atoms with Crippen molar-refractivity contribution in [1.82, 2.24) is 0 Å². The van der Waals surface area contributed by atoms with Crippen LogP contribution in [0.1, 0.15) is 493 Å². The second-order valence-corrected chi connectivity index (χ2v) is 63.4. The predicted octanol–water partition coefficient (Wildman–Crippen LogP) is 36.5. The van der Waals surface area contributed by atoms with Crippen molar-refractivity contribution in [2.24, 2.45) is 5.92 Å². The number of nitrogens with zero attached hydrogens (tertiary/aromatic N) is 4. The molecule has 1 fully saturated rings. The fourth-order valence-electron chi connectivity index (χ4n) is 33.1. The van der Waals surface area contributed by atoms with Crippen molar-refractivity contribution < 1.29 is 0 Å². The number of fused-ring (bicyclic) bond motifs is 20. The number of aryl methyl sites for hydroxylation is 2. The van der Waals surface area contributed by atoms with E-state index in [4.69, 9.17) is 0 Å². The zero-order valence-electron chi connectivity index (χ0n) is 97.8. The van der Waals surface area contributed by atoms with Gasteiger partial charge in [0, 0.05) is 86.6 Å². The average Bonchev–Trinajstić information content (AvgIpc) is 1.35. The summed E-state index contributed by atoms with van der Waals surface area (Å²) in [6.45, 7) is 90.1. The zero-order valence-corrected chi connectivity index (χ0v) is 99.4. The highest BCUT2D eigenvalue weighted by Crippen LogP contribution is 2.66. The van der Waals surface area contributed by atoms with Gasteiger partial charge in [0.2, 0.25) is 0 Å². The Morgan fingerprint density at radius 2 is 0.608 bits per heavy atom. The van der Waals surface area contributed by atoms with E-state index in [0.29, 0.717) is 17.8 Å². The smallest absolute Gasteiger partial charge is 0.264 e. The molecular weight excluding hydrogens is 1820 g/mol. The summed E-state index contributed by atoms with van der Waals surface area (Å²) in [5, 5.41) is 2.87. The van der Waals surface area contributed by atoms with Crippen molar-refractivity contribution in [2.45, 2.75) is 482 Å². The molecule has 6 heterocycles. The first-order valence-corrected chi connectivity index (χ1v) is 60.4. The van der Waals surface area contributed by atoms with E-state index in [0.717, 1.165) is 32.1 Å². The van der Waals surface area contributed by atoms with Crippen molar-refractivity contribution in [1.29, 1.82) is 0 Å². The number of hydrogen-bond donors (Lipinski definition) is 0. The maximum atomic E-state index is 2.95. The van der Waals surface area contributed by atoms with Crippen LogP contribution in [0.4, 0.5) is 68.2 Å². The van der Waals surface area contributed by atoms with E-state index in [2.05, 4.69) is 418 Å². The Morgan fingerprint density at radius 3 is 1.01 bits per heavy atom. The molecule has 25 rings (SSSR count). The zero-order chi connectivity index (χ0) is 105. The Kier molecular flexibility index (Phi) is 21.6. The first kappa shape index (κ1) is 100. The summed E-state index contributed by atoms with van der Waals surface area (Å²) in [7, 11) is 0. The van der Waals surface area contributed by atoms with E-state index >= 15 is 0 Å². The van der Waals surface area contributed by atoms with E-state index in [9.17, 15) is 0 Å². The van der Waals surface area contributed by atoms with Gasteiger partial charge in [-0.3, -0.25) is 0 Å². The molecule has 12 aromatic rings.